The summed E-state index contributed by atoms with van der Waals surface area (Å²) in [5.41, 5.74) is 1.06. The molecule has 0 aliphatic carbocycles. The van der Waals surface area contributed by atoms with Gasteiger partial charge in [-0.05, 0) is 19.1 Å². The topological polar surface area (TPSA) is 99.4 Å². The van der Waals surface area contributed by atoms with E-state index in [1.807, 2.05) is 19.1 Å². The van der Waals surface area contributed by atoms with Gasteiger partial charge in [-0.15, -0.1) is 0 Å². The Morgan fingerprint density at radius 1 is 1.05 bits per heavy atom. The number of hydrogen-bond acceptors (Lipinski definition) is 6. The Morgan fingerprint density at radius 2 is 1.68 bits per heavy atom. The predicted molar refractivity (Wildman–Crippen MR) is 65.6 cm³/mol. The smallest absolute Gasteiger partial charge is 0.229 e. The monoisotopic (exact) mass is 270 g/mol. The molecular formula is C13H18O6. The number of ether oxygens (including phenoxy) is 2. The lowest BCUT2D eigenvalue weighted by atomic mass is 9.99. The highest BCUT2D eigenvalue weighted by Crippen LogP contribution is 2.24. The van der Waals surface area contributed by atoms with Crippen LogP contribution in [0, 0.1) is 6.92 Å². The second-order valence-electron chi connectivity index (χ2n) is 4.63. The van der Waals surface area contributed by atoms with Gasteiger partial charge in [0.1, 0.15) is 30.2 Å². The first-order chi connectivity index (χ1) is 9.02. The molecule has 0 spiro atoms. The molecule has 19 heavy (non-hydrogen) atoms. The van der Waals surface area contributed by atoms with Crippen LogP contribution in [0.3, 0.4) is 0 Å². The molecule has 0 radical (unpaired) electrons. The minimum Gasteiger partial charge on any atom is -0.462 e. The lowest BCUT2D eigenvalue weighted by Crippen LogP contribution is -2.60. The largest absolute Gasteiger partial charge is 0.462 e. The minimum atomic E-state index is -1.43. The van der Waals surface area contributed by atoms with Gasteiger partial charge in [-0.1, -0.05) is 17.7 Å². The van der Waals surface area contributed by atoms with E-state index in [0.717, 1.165) is 5.56 Å². The van der Waals surface area contributed by atoms with Gasteiger partial charge in [0.05, 0.1) is 6.61 Å². The summed E-state index contributed by atoms with van der Waals surface area (Å²) in [6.07, 6.45) is -6.30. The van der Waals surface area contributed by atoms with Crippen LogP contribution >= 0.6 is 0 Å². The second-order valence-corrected chi connectivity index (χ2v) is 4.63. The van der Waals surface area contributed by atoms with Crippen molar-refractivity contribution in [3.8, 4) is 5.75 Å². The lowest BCUT2D eigenvalue weighted by molar-refractivity contribution is -0.277. The fourth-order valence-electron chi connectivity index (χ4n) is 1.92. The number of aryl methyl sites for hydroxylation is 1. The second kappa shape index (κ2) is 5.85. The highest BCUT2D eigenvalue weighted by molar-refractivity contribution is 5.26. The van der Waals surface area contributed by atoms with Crippen molar-refractivity contribution < 1.29 is 29.9 Å². The quantitative estimate of drug-likeness (QED) is 0.572. The first-order valence-corrected chi connectivity index (χ1v) is 6.07. The third-order valence-electron chi connectivity index (χ3n) is 3.12. The average Bonchev–Trinajstić information content (AvgIpc) is 2.42. The van der Waals surface area contributed by atoms with Crippen molar-refractivity contribution in [1.29, 1.82) is 0 Å². The van der Waals surface area contributed by atoms with E-state index in [0.29, 0.717) is 5.75 Å². The zero-order valence-electron chi connectivity index (χ0n) is 10.5. The summed E-state index contributed by atoms with van der Waals surface area (Å²) in [4.78, 5) is 0. The molecule has 5 atom stereocenters. The zero-order chi connectivity index (χ0) is 14.0. The van der Waals surface area contributed by atoms with Crippen molar-refractivity contribution in [1.82, 2.24) is 0 Å². The number of aliphatic hydroxyl groups is 4. The molecule has 1 heterocycles. The van der Waals surface area contributed by atoms with Crippen LogP contribution in [0.15, 0.2) is 24.3 Å². The van der Waals surface area contributed by atoms with Gasteiger partial charge in [-0.2, -0.15) is 0 Å². The van der Waals surface area contributed by atoms with Crippen LogP contribution in [0.25, 0.3) is 0 Å². The molecule has 1 fully saturated rings. The molecule has 106 valence electrons. The third-order valence-corrected chi connectivity index (χ3v) is 3.12. The van der Waals surface area contributed by atoms with Gasteiger partial charge in [0.2, 0.25) is 6.29 Å². The molecule has 0 saturated carbocycles. The van der Waals surface area contributed by atoms with Crippen LogP contribution in [0.5, 0.6) is 5.75 Å². The number of aliphatic hydroxyl groups excluding tert-OH is 4. The molecular weight excluding hydrogens is 252 g/mol. The van der Waals surface area contributed by atoms with Crippen LogP contribution in [0.1, 0.15) is 5.56 Å². The van der Waals surface area contributed by atoms with Crippen LogP contribution < -0.4 is 4.74 Å². The molecule has 6 nitrogen and oxygen atoms in total. The maximum absolute atomic E-state index is 9.80. The van der Waals surface area contributed by atoms with Gasteiger partial charge >= 0.3 is 0 Å². The van der Waals surface area contributed by atoms with Crippen molar-refractivity contribution in [2.24, 2.45) is 0 Å². The zero-order valence-corrected chi connectivity index (χ0v) is 10.5. The van der Waals surface area contributed by atoms with E-state index >= 15 is 0 Å². The van der Waals surface area contributed by atoms with E-state index in [9.17, 15) is 15.3 Å². The highest BCUT2D eigenvalue weighted by Gasteiger charge is 2.44. The van der Waals surface area contributed by atoms with Gasteiger partial charge in [-0.3, -0.25) is 0 Å². The van der Waals surface area contributed by atoms with Crippen molar-refractivity contribution in [3.05, 3.63) is 29.8 Å². The van der Waals surface area contributed by atoms with Crippen molar-refractivity contribution in [3.63, 3.8) is 0 Å². The predicted octanol–water partition coefficient (Wildman–Crippen LogP) is -0.826. The van der Waals surface area contributed by atoms with Crippen molar-refractivity contribution >= 4 is 0 Å². The summed E-state index contributed by atoms with van der Waals surface area (Å²) in [6.45, 7) is 1.45. The molecule has 0 amide bonds. The number of rotatable bonds is 3. The molecule has 1 aliphatic heterocycles. The molecule has 0 bridgehead atoms. The van der Waals surface area contributed by atoms with Crippen molar-refractivity contribution in [2.75, 3.05) is 6.61 Å². The Hall–Kier alpha value is -1.18. The van der Waals surface area contributed by atoms with Crippen LogP contribution in [-0.2, 0) is 4.74 Å². The molecule has 1 aromatic carbocycles. The minimum absolute atomic E-state index is 0.468. The van der Waals surface area contributed by atoms with E-state index in [1.165, 1.54) is 0 Å². The van der Waals surface area contributed by atoms with Crippen LogP contribution in [0.2, 0.25) is 0 Å². The summed E-state index contributed by atoms with van der Waals surface area (Å²) in [6, 6.07) is 7.08. The van der Waals surface area contributed by atoms with Crippen LogP contribution in [0.4, 0.5) is 0 Å². The molecule has 0 unspecified atom stereocenters. The van der Waals surface area contributed by atoms with Gasteiger partial charge in [-0.25, -0.2) is 0 Å². The highest BCUT2D eigenvalue weighted by atomic mass is 16.7. The molecule has 6 heteroatoms. The summed E-state index contributed by atoms with van der Waals surface area (Å²) in [5.74, 6) is 0.468. The van der Waals surface area contributed by atoms with Gasteiger partial charge < -0.3 is 29.9 Å². The van der Waals surface area contributed by atoms with Crippen molar-refractivity contribution in [2.45, 2.75) is 37.6 Å². The Labute approximate surface area is 110 Å². The molecule has 0 aromatic heterocycles. The van der Waals surface area contributed by atoms with Gasteiger partial charge in [0.25, 0.3) is 0 Å². The van der Waals surface area contributed by atoms with Gasteiger partial charge in [0.15, 0.2) is 0 Å². The summed E-state index contributed by atoms with van der Waals surface area (Å²) in [5, 5.41) is 38.1. The molecule has 1 aliphatic rings. The summed E-state index contributed by atoms with van der Waals surface area (Å²) < 4.78 is 10.7. The first-order valence-electron chi connectivity index (χ1n) is 6.07. The van der Waals surface area contributed by atoms with Gasteiger partial charge in [0, 0.05) is 0 Å². The molecule has 1 aromatic rings. The Bertz CT molecular complexity index is 404. The first kappa shape index (κ1) is 14.2. The maximum atomic E-state index is 9.80. The fourth-order valence-corrected chi connectivity index (χ4v) is 1.92. The fraction of sp³-hybridized carbons (Fsp3) is 0.538. The maximum Gasteiger partial charge on any atom is 0.229 e. The summed E-state index contributed by atoms with van der Waals surface area (Å²) in [7, 11) is 0. The van der Waals surface area contributed by atoms with E-state index in [1.54, 1.807) is 12.1 Å². The van der Waals surface area contributed by atoms with Crippen LogP contribution in [-0.4, -0.2) is 57.7 Å². The average molecular weight is 270 g/mol. The Kier molecular flexibility index (Phi) is 4.38. The normalized spacial score (nSPS) is 35.1. The molecule has 1 saturated heterocycles. The molecule has 4 N–H and O–H groups in total. The summed E-state index contributed by atoms with van der Waals surface area (Å²) >= 11 is 0. The Balaban J connectivity index is 2.08. The van der Waals surface area contributed by atoms with E-state index in [4.69, 9.17) is 14.6 Å². The number of benzene rings is 1. The standard InChI is InChI=1S/C13H18O6/c1-7-2-4-8(5-3-7)18-13-12(17)11(16)10(15)9(6-14)19-13/h2-5,9-17H,6H2,1H3/t9-,10-,11+,12-,13-/m1/s1. The lowest BCUT2D eigenvalue weighted by Gasteiger charge is -2.39. The SMILES string of the molecule is Cc1ccc(O[C@@H]2O[C@H](CO)[C@@H](O)[C@H](O)[C@H]2O)cc1. The van der Waals surface area contributed by atoms with E-state index in [2.05, 4.69) is 0 Å². The van der Waals surface area contributed by atoms with E-state index < -0.39 is 37.3 Å². The third kappa shape index (κ3) is 3.05. The molecule has 2 rings (SSSR count). The number of hydrogen-bond donors (Lipinski definition) is 4. The van der Waals surface area contributed by atoms with E-state index in [-0.39, 0.29) is 0 Å². The Morgan fingerprint density at radius 3 is 2.26 bits per heavy atom.